The van der Waals surface area contributed by atoms with Gasteiger partial charge in [0.25, 0.3) is 0 Å². The third kappa shape index (κ3) is 3.13. The molecule has 0 spiro atoms. The van der Waals surface area contributed by atoms with Crippen LogP contribution in [0.2, 0.25) is 0 Å². The van der Waals surface area contributed by atoms with Crippen molar-refractivity contribution < 1.29 is 9.47 Å². The standard InChI is InChI=1S/C14H17N3O2/c1-9(2)14-16-12(15)8-13(17-14)19-11-7-5-4-6-10(11)18-3/h4-9H,1-3H3,(H2,15,16,17). The van der Waals surface area contributed by atoms with Crippen molar-refractivity contribution in [2.45, 2.75) is 19.8 Å². The minimum absolute atomic E-state index is 0.184. The van der Waals surface area contributed by atoms with E-state index in [1.54, 1.807) is 13.2 Å². The van der Waals surface area contributed by atoms with Crippen LogP contribution in [0.4, 0.5) is 5.82 Å². The maximum atomic E-state index is 5.76. The Kier molecular flexibility index (Phi) is 3.85. The first kappa shape index (κ1) is 13.1. The number of methoxy groups -OCH3 is 1. The van der Waals surface area contributed by atoms with Crippen molar-refractivity contribution >= 4 is 5.82 Å². The Morgan fingerprint density at radius 1 is 1.11 bits per heavy atom. The topological polar surface area (TPSA) is 70.3 Å². The van der Waals surface area contributed by atoms with Crippen LogP contribution >= 0.6 is 0 Å². The van der Waals surface area contributed by atoms with E-state index in [-0.39, 0.29) is 5.92 Å². The maximum absolute atomic E-state index is 5.76. The second-order valence-corrected chi connectivity index (χ2v) is 4.40. The monoisotopic (exact) mass is 259 g/mol. The Labute approximate surface area is 112 Å². The minimum Gasteiger partial charge on any atom is -0.493 e. The van der Waals surface area contributed by atoms with Crippen LogP contribution in [-0.2, 0) is 0 Å². The smallest absolute Gasteiger partial charge is 0.224 e. The Hall–Kier alpha value is -2.30. The fourth-order valence-corrected chi connectivity index (χ4v) is 1.59. The number of hydrogen-bond acceptors (Lipinski definition) is 5. The first-order valence-corrected chi connectivity index (χ1v) is 6.05. The highest BCUT2D eigenvalue weighted by atomic mass is 16.5. The first-order chi connectivity index (χ1) is 9.10. The van der Waals surface area contributed by atoms with Gasteiger partial charge in [0.2, 0.25) is 5.88 Å². The highest BCUT2D eigenvalue weighted by molar-refractivity contribution is 5.43. The van der Waals surface area contributed by atoms with Gasteiger partial charge in [-0.15, -0.1) is 0 Å². The third-order valence-electron chi connectivity index (χ3n) is 2.54. The molecular weight excluding hydrogens is 242 g/mol. The molecule has 100 valence electrons. The predicted octanol–water partition coefficient (Wildman–Crippen LogP) is 2.98. The van der Waals surface area contributed by atoms with E-state index in [1.165, 1.54) is 0 Å². The van der Waals surface area contributed by atoms with Gasteiger partial charge in [-0.1, -0.05) is 26.0 Å². The number of nitrogen functional groups attached to an aromatic ring is 1. The summed E-state index contributed by atoms with van der Waals surface area (Å²) in [5, 5.41) is 0. The molecule has 2 N–H and O–H groups in total. The lowest BCUT2D eigenvalue weighted by Gasteiger charge is -2.11. The van der Waals surface area contributed by atoms with Gasteiger partial charge >= 0.3 is 0 Å². The predicted molar refractivity (Wildman–Crippen MR) is 73.6 cm³/mol. The van der Waals surface area contributed by atoms with E-state index >= 15 is 0 Å². The van der Waals surface area contributed by atoms with Crippen molar-refractivity contribution in [3.63, 3.8) is 0 Å². The summed E-state index contributed by atoms with van der Waals surface area (Å²) in [6.07, 6.45) is 0. The highest BCUT2D eigenvalue weighted by Gasteiger charge is 2.10. The molecule has 1 aromatic heterocycles. The van der Waals surface area contributed by atoms with Crippen LogP contribution in [0, 0.1) is 0 Å². The third-order valence-corrected chi connectivity index (χ3v) is 2.54. The first-order valence-electron chi connectivity index (χ1n) is 6.05. The van der Waals surface area contributed by atoms with Gasteiger partial charge < -0.3 is 15.2 Å². The fourth-order valence-electron chi connectivity index (χ4n) is 1.59. The molecule has 0 amide bonds. The molecule has 5 heteroatoms. The molecule has 0 saturated heterocycles. The molecule has 0 fully saturated rings. The zero-order valence-corrected chi connectivity index (χ0v) is 11.3. The van der Waals surface area contributed by atoms with Gasteiger partial charge in [0.05, 0.1) is 7.11 Å². The van der Waals surface area contributed by atoms with E-state index in [4.69, 9.17) is 15.2 Å². The number of ether oxygens (including phenoxy) is 2. The Morgan fingerprint density at radius 2 is 1.79 bits per heavy atom. The van der Waals surface area contributed by atoms with Gasteiger partial charge in [-0.2, -0.15) is 4.98 Å². The molecule has 1 heterocycles. The number of rotatable bonds is 4. The molecule has 0 aliphatic heterocycles. The summed E-state index contributed by atoms with van der Waals surface area (Å²) in [7, 11) is 1.59. The molecule has 19 heavy (non-hydrogen) atoms. The van der Waals surface area contributed by atoms with Crippen LogP contribution in [-0.4, -0.2) is 17.1 Å². The lowest BCUT2D eigenvalue weighted by atomic mass is 10.2. The van der Waals surface area contributed by atoms with Gasteiger partial charge in [-0.05, 0) is 12.1 Å². The molecule has 0 aliphatic rings. The van der Waals surface area contributed by atoms with E-state index in [2.05, 4.69) is 9.97 Å². The Bertz CT molecular complexity index is 570. The van der Waals surface area contributed by atoms with Crippen molar-refractivity contribution in [3.05, 3.63) is 36.2 Å². The van der Waals surface area contributed by atoms with E-state index in [0.29, 0.717) is 29.0 Å². The summed E-state index contributed by atoms with van der Waals surface area (Å²) < 4.78 is 10.9. The molecular formula is C14H17N3O2. The summed E-state index contributed by atoms with van der Waals surface area (Å²) in [5.74, 6) is 2.89. The maximum Gasteiger partial charge on any atom is 0.224 e. The van der Waals surface area contributed by atoms with Crippen LogP contribution in [0.15, 0.2) is 30.3 Å². The second-order valence-electron chi connectivity index (χ2n) is 4.40. The van der Waals surface area contributed by atoms with E-state index in [0.717, 1.165) is 0 Å². The molecule has 1 aromatic carbocycles. The SMILES string of the molecule is COc1ccccc1Oc1cc(N)nc(C(C)C)n1. The molecule has 0 unspecified atom stereocenters. The fraction of sp³-hybridized carbons (Fsp3) is 0.286. The minimum atomic E-state index is 0.184. The Balaban J connectivity index is 2.32. The van der Waals surface area contributed by atoms with Crippen molar-refractivity contribution in [1.29, 1.82) is 0 Å². The van der Waals surface area contributed by atoms with E-state index < -0.39 is 0 Å². The number of anilines is 1. The zero-order valence-electron chi connectivity index (χ0n) is 11.3. The lowest BCUT2D eigenvalue weighted by Crippen LogP contribution is -2.03. The van der Waals surface area contributed by atoms with Crippen molar-refractivity contribution in [2.24, 2.45) is 0 Å². The summed E-state index contributed by atoms with van der Waals surface area (Å²) in [5.41, 5.74) is 5.76. The van der Waals surface area contributed by atoms with Crippen LogP contribution in [0.3, 0.4) is 0 Å². The number of aromatic nitrogens is 2. The largest absolute Gasteiger partial charge is 0.493 e. The van der Waals surface area contributed by atoms with E-state index in [1.807, 2.05) is 38.1 Å². The van der Waals surface area contributed by atoms with Gasteiger partial charge in [0.15, 0.2) is 11.5 Å². The van der Waals surface area contributed by atoms with Gasteiger partial charge in [0.1, 0.15) is 11.6 Å². The summed E-state index contributed by atoms with van der Waals surface area (Å²) >= 11 is 0. The summed E-state index contributed by atoms with van der Waals surface area (Å²) in [6, 6.07) is 8.97. The van der Waals surface area contributed by atoms with Gasteiger partial charge in [0, 0.05) is 12.0 Å². The van der Waals surface area contributed by atoms with E-state index in [9.17, 15) is 0 Å². The average Bonchev–Trinajstić information content (AvgIpc) is 2.38. The van der Waals surface area contributed by atoms with Gasteiger partial charge in [-0.3, -0.25) is 0 Å². The normalized spacial score (nSPS) is 10.5. The number of hydrogen-bond donors (Lipinski definition) is 1. The summed E-state index contributed by atoms with van der Waals surface area (Å²) in [6.45, 7) is 4.00. The number of benzene rings is 1. The molecule has 0 bridgehead atoms. The number of nitrogens with zero attached hydrogens (tertiary/aromatic N) is 2. The van der Waals surface area contributed by atoms with Crippen LogP contribution in [0.1, 0.15) is 25.6 Å². The number of para-hydroxylation sites is 2. The molecule has 0 aliphatic carbocycles. The van der Waals surface area contributed by atoms with Gasteiger partial charge in [-0.25, -0.2) is 4.98 Å². The van der Waals surface area contributed by atoms with Crippen LogP contribution < -0.4 is 15.2 Å². The molecule has 0 radical (unpaired) electrons. The molecule has 2 rings (SSSR count). The summed E-state index contributed by atoms with van der Waals surface area (Å²) in [4.78, 5) is 8.51. The second kappa shape index (κ2) is 5.56. The molecule has 5 nitrogen and oxygen atoms in total. The molecule has 0 saturated carbocycles. The number of nitrogens with two attached hydrogens (primary N) is 1. The highest BCUT2D eigenvalue weighted by Crippen LogP contribution is 2.30. The Morgan fingerprint density at radius 3 is 2.42 bits per heavy atom. The molecule has 0 atom stereocenters. The quantitative estimate of drug-likeness (QED) is 0.914. The zero-order chi connectivity index (χ0) is 13.8. The van der Waals surface area contributed by atoms with Crippen molar-refractivity contribution in [3.8, 4) is 17.4 Å². The van der Waals surface area contributed by atoms with Crippen molar-refractivity contribution in [2.75, 3.05) is 12.8 Å². The molecule has 2 aromatic rings. The van der Waals surface area contributed by atoms with Crippen LogP contribution in [0.25, 0.3) is 0 Å². The van der Waals surface area contributed by atoms with Crippen molar-refractivity contribution in [1.82, 2.24) is 9.97 Å². The average molecular weight is 259 g/mol. The lowest BCUT2D eigenvalue weighted by molar-refractivity contribution is 0.373. The van der Waals surface area contributed by atoms with Crippen LogP contribution in [0.5, 0.6) is 17.4 Å².